The first-order chi connectivity index (χ1) is 7.81. The second-order valence-corrected chi connectivity index (χ2v) is 4.56. The third kappa shape index (κ3) is 4.00. The number of rotatable bonds is 7. The molecule has 0 aliphatic carbocycles. The normalized spacial score (nSPS) is 10.7. The summed E-state index contributed by atoms with van der Waals surface area (Å²) in [7, 11) is 0. The van der Waals surface area contributed by atoms with Crippen LogP contribution in [0.3, 0.4) is 0 Å². The number of unbranched alkanes of at least 4 members (excludes halogenated alkanes) is 2. The third-order valence-electron chi connectivity index (χ3n) is 3.16. The SMILES string of the molecule is [CH2]Cc1ccc(CCCC)cc1CCCC. The highest BCUT2D eigenvalue weighted by Crippen LogP contribution is 2.17. The largest absolute Gasteiger partial charge is 0.0654 e. The van der Waals surface area contributed by atoms with Gasteiger partial charge in [-0.3, -0.25) is 0 Å². The molecule has 0 amide bonds. The summed E-state index contributed by atoms with van der Waals surface area (Å²) >= 11 is 0. The molecule has 0 atom stereocenters. The van der Waals surface area contributed by atoms with Crippen LogP contribution in [0.25, 0.3) is 0 Å². The number of hydrogen-bond donors (Lipinski definition) is 0. The third-order valence-corrected chi connectivity index (χ3v) is 3.16. The molecule has 0 aromatic heterocycles. The van der Waals surface area contributed by atoms with E-state index >= 15 is 0 Å². The fourth-order valence-electron chi connectivity index (χ4n) is 2.06. The molecule has 1 radical (unpaired) electrons. The molecule has 0 unspecified atom stereocenters. The Morgan fingerprint density at radius 1 is 0.938 bits per heavy atom. The van der Waals surface area contributed by atoms with Crippen molar-refractivity contribution < 1.29 is 0 Å². The van der Waals surface area contributed by atoms with Gasteiger partial charge in [-0.1, -0.05) is 44.9 Å². The predicted octanol–water partition coefficient (Wildman–Crippen LogP) is 4.75. The number of aryl methyl sites for hydroxylation is 2. The summed E-state index contributed by atoms with van der Waals surface area (Å²) in [6.07, 6.45) is 8.53. The lowest BCUT2D eigenvalue weighted by atomic mass is 9.96. The summed E-state index contributed by atoms with van der Waals surface area (Å²) in [4.78, 5) is 0. The van der Waals surface area contributed by atoms with E-state index < -0.39 is 0 Å². The summed E-state index contributed by atoms with van der Waals surface area (Å²) < 4.78 is 0. The number of benzene rings is 1. The molecule has 0 nitrogen and oxygen atoms in total. The maximum absolute atomic E-state index is 4.02. The van der Waals surface area contributed by atoms with Crippen molar-refractivity contribution in [1.82, 2.24) is 0 Å². The van der Waals surface area contributed by atoms with Gasteiger partial charge in [0.05, 0.1) is 0 Å². The van der Waals surface area contributed by atoms with Crippen LogP contribution < -0.4 is 0 Å². The van der Waals surface area contributed by atoms with Gasteiger partial charge in [0.1, 0.15) is 0 Å². The number of hydrogen-bond acceptors (Lipinski definition) is 0. The Hall–Kier alpha value is -0.780. The van der Waals surface area contributed by atoms with Crippen molar-refractivity contribution in [1.29, 1.82) is 0 Å². The van der Waals surface area contributed by atoms with Gasteiger partial charge >= 0.3 is 0 Å². The van der Waals surface area contributed by atoms with Crippen molar-refractivity contribution in [2.24, 2.45) is 0 Å². The van der Waals surface area contributed by atoms with Gasteiger partial charge in [0.2, 0.25) is 0 Å². The zero-order valence-electron chi connectivity index (χ0n) is 10.9. The highest BCUT2D eigenvalue weighted by Gasteiger charge is 2.02. The van der Waals surface area contributed by atoms with E-state index in [0.29, 0.717) is 0 Å². The fourth-order valence-corrected chi connectivity index (χ4v) is 2.06. The van der Waals surface area contributed by atoms with Gasteiger partial charge in [-0.05, 0) is 55.7 Å². The first-order valence-corrected chi connectivity index (χ1v) is 6.71. The molecular formula is C16H25. The lowest BCUT2D eigenvalue weighted by molar-refractivity contribution is 0.776. The molecule has 89 valence electrons. The van der Waals surface area contributed by atoms with Crippen molar-refractivity contribution in [2.45, 2.75) is 58.8 Å². The molecule has 1 aromatic carbocycles. The Labute approximate surface area is 101 Å². The van der Waals surface area contributed by atoms with Crippen molar-refractivity contribution in [3.63, 3.8) is 0 Å². The van der Waals surface area contributed by atoms with Gasteiger partial charge in [-0.15, -0.1) is 0 Å². The van der Waals surface area contributed by atoms with E-state index in [4.69, 9.17) is 0 Å². The van der Waals surface area contributed by atoms with Crippen LogP contribution in [0.15, 0.2) is 18.2 Å². The van der Waals surface area contributed by atoms with Crippen LogP contribution in [0.5, 0.6) is 0 Å². The maximum Gasteiger partial charge on any atom is -0.0276 e. The molecular weight excluding hydrogens is 192 g/mol. The summed E-state index contributed by atoms with van der Waals surface area (Å²) in [6, 6.07) is 6.97. The van der Waals surface area contributed by atoms with Gasteiger partial charge in [-0.25, -0.2) is 0 Å². The molecule has 16 heavy (non-hydrogen) atoms. The zero-order chi connectivity index (χ0) is 11.8. The average Bonchev–Trinajstić information content (AvgIpc) is 2.33. The van der Waals surface area contributed by atoms with Crippen molar-refractivity contribution >= 4 is 0 Å². The molecule has 0 aliphatic rings. The maximum atomic E-state index is 4.02. The topological polar surface area (TPSA) is 0 Å². The molecule has 0 N–H and O–H groups in total. The van der Waals surface area contributed by atoms with Crippen LogP contribution in [0, 0.1) is 6.92 Å². The minimum atomic E-state index is 0.924. The summed E-state index contributed by atoms with van der Waals surface area (Å²) in [5.41, 5.74) is 4.48. The van der Waals surface area contributed by atoms with Gasteiger partial charge in [-0.2, -0.15) is 0 Å². The molecule has 0 aliphatic heterocycles. The van der Waals surface area contributed by atoms with Crippen LogP contribution in [0.2, 0.25) is 0 Å². The molecule has 0 heterocycles. The highest BCUT2D eigenvalue weighted by molar-refractivity contribution is 5.33. The molecule has 0 fully saturated rings. The Balaban J connectivity index is 2.74. The second kappa shape index (κ2) is 7.49. The molecule has 1 aromatic rings. The Morgan fingerprint density at radius 3 is 2.25 bits per heavy atom. The van der Waals surface area contributed by atoms with E-state index in [2.05, 4.69) is 39.0 Å². The van der Waals surface area contributed by atoms with E-state index in [1.165, 1.54) is 55.2 Å². The predicted molar refractivity (Wildman–Crippen MR) is 72.7 cm³/mol. The minimum Gasteiger partial charge on any atom is -0.0654 e. The molecule has 0 saturated heterocycles. The van der Waals surface area contributed by atoms with Gasteiger partial charge in [0.25, 0.3) is 0 Å². The molecule has 1 rings (SSSR count). The van der Waals surface area contributed by atoms with E-state index in [9.17, 15) is 0 Å². The van der Waals surface area contributed by atoms with Crippen LogP contribution >= 0.6 is 0 Å². The summed E-state index contributed by atoms with van der Waals surface area (Å²) in [5.74, 6) is 0. The minimum absolute atomic E-state index is 0.924. The Kier molecular flexibility index (Phi) is 6.22. The standard InChI is InChI=1S/C16H25/c1-4-7-9-14-11-12-15(6-3)16(13-14)10-8-5-2/h11-13H,3-10H2,1-2H3. The molecule has 0 bridgehead atoms. The highest BCUT2D eigenvalue weighted by atomic mass is 14.1. The molecule has 0 spiro atoms. The van der Waals surface area contributed by atoms with Crippen molar-refractivity contribution in [3.8, 4) is 0 Å². The van der Waals surface area contributed by atoms with Crippen molar-refractivity contribution in [3.05, 3.63) is 41.8 Å². The fraction of sp³-hybridized carbons (Fsp3) is 0.562. The van der Waals surface area contributed by atoms with Crippen molar-refractivity contribution in [2.75, 3.05) is 0 Å². The van der Waals surface area contributed by atoms with E-state index in [1.807, 2.05) is 0 Å². The Morgan fingerprint density at radius 2 is 1.62 bits per heavy atom. The van der Waals surface area contributed by atoms with Crippen LogP contribution in [-0.4, -0.2) is 0 Å². The average molecular weight is 217 g/mol. The van der Waals surface area contributed by atoms with Gasteiger partial charge in [0.15, 0.2) is 0 Å². The van der Waals surface area contributed by atoms with Crippen LogP contribution in [0.4, 0.5) is 0 Å². The van der Waals surface area contributed by atoms with Gasteiger partial charge < -0.3 is 0 Å². The van der Waals surface area contributed by atoms with E-state index in [1.54, 1.807) is 0 Å². The lowest BCUT2D eigenvalue weighted by Crippen LogP contribution is -1.96. The van der Waals surface area contributed by atoms with Crippen LogP contribution in [0.1, 0.15) is 56.2 Å². The first kappa shape index (κ1) is 13.3. The molecule has 0 saturated carbocycles. The van der Waals surface area contributed by atoms with Crippen LogP contribution in [-0.2, 0) is 19.3 Å². The quantitative estimate of drug-likeness (QED) is 0.618. The summed E-state index contributed by atoms with van der Waals surface area (Å²) in [6.45, 7) is 8.52. The lowest BCUT2D eigenvalue weighted by Gasteiger charge is -2.10. The smallest absolute Gasteiger partial charge is 0.0276 e. The summed E-state index contributed by atoms with van der Waals surface area (Å²) in [5, 5.41) is 0. The Bertz CT molecular complexity index is 299. The zero-order valence-corrected chi connectivity index (χ0v) is 10.9. The van der Waals surface area contributed by atoms with Gasteiger partial charge in [0, 0.05) is 0 Å². The molecule has 0 heteroatoms. The second-order valence-electron chi connectivity index (χ2n) is 4.56. The van der Waals surface area contributed by atoms with E-state index in [0.717, 1.165) is 6.42 Å². The first-order valence-electron chi connectivity index (χ1n) is 6.71. The monoisotopic (exact) mass is 217 g/mol. The van der Waals surface area contributed by atoms with E-state index in [-0.39, 0.29) is 0 Å².